The van der Waals surface area contributed by atoms with Crippen LogP contribution in [0.3, 0.4) is 0 Å². The lowest BCUT2D eigenvalue weighted by Crippen LogP contribution is -2.42. The summed E-state index contributed by atoms with van der Waals surface area (Å²) >= 11 is 0. The van der Waals surface area contributed by atoms with E-state index in [1.807, 2.05) is 30.0 Å². The fourth-order valence-electron chi connectivity index (χ4n) is 5.24. The van der Waals surface area contributed by atoms with Crippen LogP contribution in [0.5, 0.6) is 0 Å². The number of amides is 2. The molecule has 29 heavy (non-hydrogen) atoms. The Kier molecular flexibility index (Phi) is 7.23. The van der Waals surface area contributed by atoms with Crippen molar-refractivity contribution in [2.75, 3.05) is 11.9 Å². The lowest BCUT2D eigenvalue weighted by molar-refractivity contribution is -0.117. The molecular weight excluding hydrogens is 386 g/mol. The number of rotatable bonds is 3. The Bertz CT molecular complexity index is 740. The van der Waals surface area contributed by atoms with Gasteiger partial charge in [-0.05, 0) is 82.1 Å². The van der Waals surface area contributed by atoms with E-state index in [1.54, 1.807) is 0 Å². The first-order chi connectivity index (χ1) is 13.5. The second kappa shape index (κ2) is 9.48. The number of halogens is 1. The normalized spacial score (nSPS) is 29.0. The smallest absolute Gasteiger partial charge is 0.254 e. The van der Waals surface area contributed by atoms with Crippen molar-refractivity contribution in [1.29, 1.82) is 0 Å². The zero-order chi connectivity index (χ0) is 19.7. The first-order valence-corrected chi connectivity index (χ1v) is 11.0. The van der Waals surface area contributed by atoms with Crippen molar-refractivity contribution in [3.8, 4) is 0 Å². The molecule has 1 aliphatic carbocycles. The van der Waals surface area contributed by atoms with E-state index in [0.29, 0.717) is 23.6 Å². The Morgan fingerprint density at radius 2 is 1.86 bits per heavy atom. The van der Waals surface area contributed by atoms with Crippen LogP contribution >= 0.6 is 12.4 Å². The lowest BCUT2D eigenvalue weighted by Gasteiger charge is -2.33. The molecule has 0 spiro atoms. The van der Waals surface area contributed by atoms with Gasteiger partial charge in [0.05, 0.1) is 6.04 Å². The quantitative estimate of drug-likeness (QED) is 0.768. The Morgan fingerprint density at radius 1 is 1.10 bits per heavy atom. The van der Waals surface area contributed by atoms with Gasteiger partial charge in [0, 0.05) is 29.9 Å². The van der Waals surface area contributed by atoms with E-state index in [4.69, 9.17) is 0 Å². The fourth-order valence-corrected chi connectivity index (χ4v) is 5.24. The van der Waals surface area contributed by atoms with Crippen LogP contribution in [0.25, 0.3) is 0 Å². The minimum absolute atomic E-state index is 0. The highest BCUT2D eigenvalue weighted by atomic mass is 35.5. The van der Waals surface area contributed by atoms with Crippen molar-refractivity contribution in [1.82, 2.24) is 10.2 Å². The second-order valence-corrected chi connectivity index (χ2v) is 8.97. The molecule has 1 aromatic carbocycles. The summed E-state index contributed by atoms with van der Waals surface area (Å²) in [6.45, 7) is 4.94. The molecule has 1 saturated carbocycles. The van der Waals surface area contributed by atoms with E-state index >= 15 is 0 Å². The molecule has 4 rings (SSSR count). The van der Waals surface area contributed by atoms with Crippen molar-refractivity contribution in [2.45, 2.75) is 83.3 Å². The third-order valence-electron chi connectivity index (χ3n) is 6.97. The Labute approximate surface area is 180 Å². The van der Waals surface area contributed by atoms with Gasteiger partial charge in [0.1, 0.15) is 0 Å². The van der Waals surface area contributed by atoms with E-state index in [-0.39, 0.29) is 30.3 Å². The molecule has 4 atom stereocenters. The van der Waals surface area contributed by atoms with Gasteiger partial charge in [0.2, 0.25) is 5.91 Å². The molecule has 2 aliphatic heterocycles. The van der Waals surface area contributed by atoms with Crippen LogP contribution in [-0.4, -0.2) is 41.4 Å². The summed E-state index contributed by atoms with van der Waals surface area (Å²) in [5.74, 6) is 0.813. The molecule has 0 bridgehead atoms. The zero-order valence-corrected chi connectivity index (χ0v) is 18.4. The number of carbonyl (C=O) groups is 2. The van der Waals surface area contributed by atoms with Crippen LogP contribution < -0.4 is 10.6 Å². The largest absolute Gasteiger partial charge is 0.336 e. The molecule has 2 amide bonds. The van der Waals surface area contributed by atoms with Crippen molar-refractivity contribution >= 4 is 29.9 Å². The third-order valence-corrected chi connectivity index (χ3v) is 6.97. The van der Waals surface area contributed by atoms with Gasteiger partial charge in [-0.2, -0.15) is 0 Å². The summed E-state index contributed by atoms with van der Waals surface area (Å²) < 4.78 is 0. The first-order valence-electron chi connectivity index (χ1n) is 11.0. The maximum Gasteiger partial charge on any atom is 0.254 e. The van der Waals surface area contributed by atoms with Crippen molar-refractivity contribution in [2.24, 2.45) is 5.92 Å². The van der Waals surface area contributed by atoms with Gasteiger partial charge in [0.15, 0.2) is 0 Å². The lowest BCUT2D eigenvalue weighted by atomic mass is 9.85. The monoisotopic (exact) mass is 419 g/mol. The third kappa shape index (κ3) is 4.77. The Hall–Kier alpha value is -1.59. The summed E-state index contributed by atoms with van der Waals surface area (Å²) in [6.07, 6.45) is 9.30. The summed E-state index contributed by atoms with van der Waals surface area (Å²) in [5, 5.41) is 6.63. The number of aryl methyl sites for hydroxylation is 1. The average molecular weight is 420 g/mol. The zero-order valence-electron chi connectivity index (χ0n) is 17.6. The number of carbonyl (C=O) groups excluding carboxylic acids is 2. The average Bonchev–Trinajstić information content (AvgIpc) is 3.14. The molecule has 2 saturated heterocycles. The molecule has 0 radical (unpaired) electrons. The summed E-state index contributed by atoms with van der Waals surface area (Å²) in [4.78, 5) is 27.6. The Balaban J connectivity index is 0.00000240. The number of anilines is 1. The molecule has 5 nitrogen and oxygen atoms in total. The van der Waals surface area contributed by atoms with E-state index < -0.39 is 0 Å². The molecule has 0 aromatic heterocycles. The molecular formula is C23H34ClN3O2. The predicted octanol–water partition coefficient (Wildman–Crippen LogP) is 4.29. The molecule has 4 unspecified atom stereocenters. The van der Waals surface area contributed by atoms with Gasteiger partial charge >= 0.3 is 0 Å². The number of piperidine rings is 1. The van der Waals surface area contributed by atoms with Gasteiger partial charge in [0.25, 0.3) is 5.91 Å². The van der Waals surface area contributed by atoms with Gasteiger partial charge in [-0.1, -0.05) is 12.8 Å². The highest BCUT2D eigenvalue weighted by Gasteiger charge is 2.38. The highest BCUT2D eigenvalue weighted by Crippen LogP contribution is 2.33. The SMILES string of the molecule is Cc1cc(C(=O)N2CCCCC2C)ccc1NC(=O)C1CC2CCCCC2N1.Cl. The number of nitrogens with zero attached hydrogens (tertiary/aromatic N) is 1. The molecule has 3 fully saturated rings. The van der Waals surface area contributed by atoms with Crippen molar-refractivity contribution in [3.05, 3.63) is 29.3 Å². The number of nitrogens with one attached hydrogen (secondary N) is 2. The molecule has 2 N–H and O–H groups in total. The molecule has 3 aliphatic rings. The number of benzene rings is 1. The minimum atomic E-state index is -0.0944. The maximum atomic E-state index is 12.9. The first kappa shape index (κ1) is 22.1. The number of hydrogen-bond donors (Lipinski definition) is 2. The minimum Gasteiger partial charge on any atom is -0.336 e. The molecule has 160 valence electrons. The van der Waals surface area contributed by atoms with E-state index in [0.717, 1.165) is 37.1 Å². The second-order valence-electron chi connectivity index (χ2n) is 8.97. The highest BCUT2D eigenvalue weighted by molar-refractivity contribution is 5.98. The van der Waals surface area contributed by atoms with Crippen LogP contribution in [0.1, 0.15) is 74.2 Å². The summed E-state index contributed by atoms with van der Waals surface area (Å²) in [7, 11) is 0. The summed E-state index contributed by atoms with van der Waals surface area (Å²) in [6, 6.07) is 6.38. The van der Waals surface area contributed by atoms with Crippen LogP contribution in [-0.2, 0) is 4.79 Å². The van der Waals surface area contributed by atoms with Crippen LogP contribution in [0.2, 0.25) is 0 Å². The summed E-state index contributed by atoms with van der Waals surface area (Å²) in [5.41, 5.74) is 2.47. The van der Waals surface area contributed by atoms with Crippen LogP contribution in [0, 0.1) is 12.8 Å². The van der Waals surface area contributed by atoms with Gasteiger partial charge < -0.3 is 15.5 Å². The molecule has 6 heteroatoms. The predicted molar refractivity (Wildman–Crippen MR) is 119 cm³/mol. The van der Waals surface area contributed by atoms with Crippen molar-refractivity contribution in [3.63, 3.8) is 0 Å². The number of hydrogen-bond acceptors (Lipinski definition) is 3. The number of likely N-dealkylation sites (tertiary alicyclic amines) is 1. The maximum absolute atomic E-state index is 12.9. The fraction of sp³-hybridized carbons (Fsp3) is 0.652. The standard InChI is InChI=1S/C23H33N3O2.ClH/c1-15-13-18(23(28)26-12-6-5-7-16(26)2)10-11-19(15)25-22(27)21-14-17-8-3-4-9-20(17)24-21;/h10-11,13,16-17,20-21,24H,3-9,12,14H2,1-2H3,(H,25,27);1H. The van der Waals surface area contributed by atoms with Gasteiger partial charge in [-0.15, -0.1) is 12.4 Å². The van der Waals surface area contributed by atoms with Crippen molar-refractivity contribution < 1.29 is 9.59 Å². The van der Waals surface area contributed by atoms with Crippen LogP contribution in [0.15, 0.2) is 18.2 Å². The molecule has 2 heterocycles. The van der Waals surface area contributed by atoms with Crippen LogP contribution in [0.4, 0.5) is 5.69 Å². The van der Waals surface area contributed by atoms with E-state index in [2.05, 4.69) is 17.6 Å². The topological polar surface area (TPSA) is 61.4 Å². The number of fused-ring (bicyclic) bond motifs is 1. The Morgan fingerprint density at radius 3 is 2.59 bits per heavy atom. The van der Waals surface area contributed by atoms with E-state index in [1.165, 1.54) is 32.1 Å². The molecule has 1 aromatic rings. The van der Waals surface area contributed by atoms with Gasteiger partial charge in [-0.25, -0.2) is 0 Å². The van der Waals surface area contributed by atoms with E-state index in [9.17, 15) is 9.59 Å². The van der Waals surface area contributed by atoms with Gasteiger partial charge in [-0.3, -0.25) is 9.59 Å².